The molecule has 5 nitrogen and oxygen atoms in total. The fourth-order valence-electron chi connectivity index (χ4n) is 2.30. The van der Waals surface area contributed by atoms with E-state index in [0.717, 1.165) is 0 Å². The van der Waals surface area contributed by atoms with Gasteiger partial charge in [-0.2, -0.15) is 0 Å². The fraction of sp³-hybridized carbons (Fsp3) is 0.118. The minimum atomic E-state index is -0.311. The van der Waals surface area contributed by atoms with E-state index in [1.54, 1.807) is 12.1 Å². The van der Waals surface area contributed by atoms with Crippen LogP contribution in [0.15, 0.2) is 41.2 Å². The highest BCUT2D eigenvalue weighted by Gasteiger charge is 2.11. The number of nitrogens with zero attached hydrogens (tertiary/aromatic N) is 1. The van der Waals surface area contributed by atoms with E-state index < -0.39 is 0 Å². The van der Waals surface area contributed by atoms with Crippen LogP contribution < -0.4 is 10.9 Å². The SMILES string of the molecule is O=C(CCc1nc2ccccc2[nH]c1=O)Nc1cc(Cl)c(Cl)cc1Cl. The molecule has 1 amide bonds. The van der Waals surface area contributed by atoms with Gasteiger partial charge in [0, 0.05) is 12.8 Å². The number of fused-ring (bicyclic) bond motifs is 1. The van der Waals surface area contributed by atoms with Crippen molar-refractivity contribution in [1.82, 2.24) is 9.97 Å². The monoisotopic (exact) mass is 395 g/mol. The standard InChI is InChI=1S/C17H12Cl3N3O2/c18-9-7-11(20)15(8-10(9)19)22-16(24)6-5-14-17(25)23-13-4-2-1-3-12(13)21-14/h1-4,7-8H,5-6H2,(H,22,24)(H,23,25). The maximum Gasteiger partial charge on any atom is 0.270 e. The third-order valence-corrected chi connectivity index (χ3v) is 4.58. The number of H-pyrrole nitrogens is 1. The number of aromatic amines is 1. The van der Waals surface area contributed by atoms with E-state index in [1.165, 1.54) is 12.1 Å². The molecule has 0 radical (unpaired) electrons. The highest BCUT2D eigenvalue weighted by Crippen LogP contribution is 2.32. The van der Waals surface area contributed by atoms with Crippen LogP contribution in [0.2, 0.25) is 15.1 Å². The minimum Gasteiger partial charge on any atom is -0.325 e. The maximum absolute atomic E-state index is 12.1. The Bertz CT molecular complexity index is 1020. The van der Waals surface area contributed by atoms with Crippen molar-refractivity contribution >= 4 is 57.4 Å². The molecule has 0 atom stereocenters. The lowest BCUT2D eigenvalue weighted by Crippen LogP contribution is -2.19. The van der Waals surface area contributed by atoms with Crippen molar-refractivity contribution in [1.29, 1.82) is 0 Å². The summed E-state index contributed by atoms with van der Waals surface area (Å²) in [6, 6.07) is 10.1. The summed E-state index contributed by atoms with van der Waals surface area (Å²) in [5, 5.41) is 3.52. The first kappa shape index (κ1) is 17.7. The third kappa shape index (κ3) is 4.12. The van der Waals surface area contributed by atoms with Gasteiger partial charge in [-0.25, -0.2) is 4.98 Å². The molecule has 0 aliphatic rings. The number of carbonyl (C=O) groups excluding carboxylic acids is 1. The Morgan fingerprint density at radius 2 is 1.80 bits per heavy atom. The van der Waals surface area contributed by atoms with E-state index in [2.05, 4.69) is 15.3 Å². The predicted octanol–water partition coefficient (Wildman–Crippen LogP) is 4.45. The molecule has 3 rings (SSSR count). The zero-order valence-electron chi connectivity index (χ0n) is 12.8. The molecule has 0 saturated carbocycles. The van der Waals surface area contributed by atoms with Gasteiger partial charge in [0.25, 0.3) is 5.56 Å². The number of aryl methyl sites for hydroxylation is 1. The van der Waals surface area contributed by atoms with E-state index in [-0.39, 0.29) is 34.4 Å². The van der Waals surface area contributed by atoms with Crippen LogP contribution in [0.5, 0.6) is 0 Å². The molecule has 2 N–H and O–H groups in total. The molecule has 0 spiro atoms. The molecule has 0 fully saturated rings. The number of carbonyl (C=O) groups is 1. The topological polar surface area (TPSA) is 74.8 Å². The fourth-order valence-corrected chi connectivity index (χ4v) is 2.89. The molecular formula is C17H12Cl3N3O2. The number of para-hydroxylation sites is 2. The van der Waals surface area contributed by atoms with Crippen LogP contribution in [-0.2, 0) is 11.2 Å². The number of benzene rings is 2. The van der Waals surface area contributed by atoms with Crippen LogP contribution in [0.1, 0.15) is 12.1 Å². The van der Waals surface area contributed by atoms with Crippen molar-refractivity contribution in [3.8, 4) is 0 Å². The lowest BCUT2D eigenvalue weighted by molar-refractivity contribution is -0.116. The van der Waals surface area contributed by atoms with Crippen molar-refractivity contribution in [3.05, 3.63) is 67.5 Å². The lowest BCUT2D eigenvalue weighted by atomic mass is 10.2. The van der Waals surface area contributed by atoms with E-state index >= 15 is 0 Å². The summed E-state index contributed by atoms with van der Waals surface area (Å²) >= 11 is 17.8. The van der Waals surface area contributed by atoms with E-state index in [1.807, 2.05) is 12.1 Å². The largest absolute Gasteiger partial charge is 0.325 e. The van der Waals surface area contributed by atoms with Gasteiger partial charge in [0.15, 0.2) is 0 Å². The van der Waals surface area contributed by atoms with Crippen LogP contribution in [0.3, 0.4) is 0 Å². The highest BCUT2D eigenvalue weighted by molar-refractivity contribution is 6.44. The molecular weight excluding hydrogens is 385 g/mol. The predicted molar refractivity (Wildman–Crippen MR) is 101 cm³/mol. The molecule has 0 saturated heterocycles. The lowest BCUT2D eigenvalue weighted by Gasteiger charge is -2.08. The van der Waals surface area contributed by atoms with Gasteiger partial charge >= 0.3 is 0 Å². The Morgan fingerprint density at radius 1 is 1.08 bits per heavy atom. The molecule has 1 heterocycles. The van der Waals surface area contributed by atoms with Crippen LogP contribution in [0.4, 0.5) is 5.69 Å². The number of aromatic nitrogens is 2. The second-order valence-corrected chi connectivity index (χ2v) is 6.55. The average molecular weight is 397 g/mol. The number of hydrogen-bond acceptors (Lipinski definition) is 3. The van der Waals surface area contributed by atoms with Crippen LogP contribution >= 0.6 is 34.8 Å². The van der Waals surface area contributed by atoms with Gasteiger partial charge in [-0.3, -0.25) is 9.59 Å². The molecule has 0 unspecified atom stereocenters. The summed E-state index contributed by atoms with van der Waals surface area (Å²) in [6.45, 7) is 0. The maximum atomic E-state index is 12.1. The number of anilines is 1. The summed E-state index contributed by atoms with van der Waals surface area (Å²) in [7, 11) is 0. The Morgan fingerprint density at radius 3 is 2.60 bits per heavy atom. The summed E-state index contributed by atoms with van der Waals surface area (Å²) in [5.74, 6) is -0.311. The summed E-state index contributed by atoms with van der Waals surface area (Å²) in [4.78, 5) is 31.2. The molecule has 0 aliphatic heterocycles. The van der Waals surface area contributed by atoms with Gasteiger partial charge in [0.1, 0.15) is 5.69 Å². The van der Waals surface area contributed by atoms with Crippen molar-refractivity contribution in [2.45, 2.75) is 12.8 Å². The van der Waals surface area contributed by atoms with Gasteiger partial charge in [0.05, 0.1) is 31.8 Å². The van der Waals surface area contributed by atoms with E-state index in [0.29, 0.717) is 27.4 Å². The molecule has 128 valence electrons. The number of halogens is 3. The second-order valence-electron chi connectivity index (χ2n) is 5.32. The summed E-state index contributed by atoms with van der Waals surface area (Å²) in [6.07, 6.45) is 0.274. The number of amides is 1. The van der Waals surface area contributed by atoms with Gasteiger partial charge in [0.2, 0.25) is 5.91 Å². The first-order chi connectivity index (χ1) is 11.9. The zero-order valence-corrected chi connectivity index (χ0v) is 15.0. The van der Waals surface area contributed by atoms with Crippen LogP contribution in [0, 0.1) is 0 Å². The van der Waals surface area contributed by atoms with E-state index in [4.69, 9.17) is 34.8 Å². The van der Waals surface area contributed by atoms with Crippen molar-refractivity contribution < 1.29 is 4.79 Å². The second kappa shape index (κ2) is 7.44. The molecule has 1 aromatic heterocycles. The molecule has 25 heavy (non-hydrogen) atoms. The Labute approximate surface area is 157 Å². The van der Waals surface area contributed by atoms with Crippen LogP contribution in [0.25, 0.3) is 11.0 Å². The van der Waals surface area contributed by atoms with E-state index in [9.17, 15) is 9.59 Å². The Kier molecular flexibility index (Phi) is 5.27. The first-order valence-electron chi connectivity index (χ1n) is 7.36. The molecule has 0 bridgehead atoms. The number of nitrogens with one attached hydrogen (secondary N) is 2. The quantitative estimate of drug-likeness (QED) is 0.640. The van der Waals surface area contributed by atoms with Gasteiger partial charge in [-0.05, 0) is 24.3 Å². The first-order valence-corrected chi connectivity index (χ1v) is 8.50. The third-order valence-electron chi connectivity index (χ3n) is 3.54. The average Bonchev–Trinajstić information content (AvgIpc) is 2.58. The summed E-state index contributed by atoms with van der Waals surface area (Å²) in [5.41, 5.74) is 1.68. The van der Waals surface area contributed by atoms with Crippen molar-refractivity contribution in [2.75, 3.05) is 5.32 Å². The normalized spacial score (nSPS) is 10.8. The van der Waals surface area contributed by atoms with Gasteiger partial charge in [-0.1, -0.05) is 46.9 Å². The number of rotatable bonds is 4. The smallest absolute Gasteiger partial charge is 0.270 e. The van der Waals surface area contributed by atoms with Gasteiger partial charge in [-0.15, -0.1) is 0 Å². The van der Waals surface area contributed by atoms with Crippen molar-refractivity contribution in [3.63, 3.8) is 0 Å². The minimum absolute atomic E-state index is 0.0744. The van der Waals surface area contributed by atoms with Gasteiger partial charge < -0.3 is 10.3 Å². The van der Waals surface area contributed by atoms with Crippen molar-refractivity contribution in [2.24, 2.45) is 0 Å². The molecule has 0 aliphatic carbocycles. The Hall–Kier alpha value is -2.08. The highest BCUT2D eigenvalue weighted by atomic mass is 35.5. The molecule has 8 heteroatoms. The van der Waals surface area contributed by atoms with Crippen LogP contribution in [-0.4, -0.2) is 15.9 Å². The Balaban J connectivity index is 1.71. The summed E-state index contributed by atoms with van der Waals surface area (Å²) < 4.78 is 0. The number of hydrogen-bond donors (Lipinski definition) is 2. The molecule has 2 aromatic carbocycles. The zero-order chi connectivity index (χ0) is 18.0. The molecule has 3 aromatic rings.